The molecule has 0 aliphatic heterocycles. The Kier molecular flexibility index (Phi) is 6.84. The zero-order valence-corrected chi connectivity index (χ0v) is 14.3. The summed E-state index contributed by atoms with van der Waals surface area (Å²) in [7, 11) is 0. The quantitative estimate of drug-likeness (QED) is 0.715. The first-order valence-electron chi connectivity index (χ1n) is 8.08. The maximum atomic E-state index is 12.0. The highest BCUT2D eigenvalue weighted by molar-refractivity contribution is 5.85. The Morgan fingerprint density at radius 3 is 2.22 bits per heavy atom. The molecule has 0 aromatic heterocycles. The maximum Gasteiger partial charge on any atom is 0.408 e. The Morgan fingerprint density at radius 1 is 1.17 bits per heavy atom. The predicted molar refractivity (Wildman–Crippen MR) is 84.9 cm³/mol. The molecular formula is C16H28N2O5. The average Bonchev–Trinajstić information content (AvgIpc) is 2.42. The van der Waals surface area contributed by atoms with Gasteiger partial charge in [0.1, 0.15) is 11.6 Å². The summed E-state index contributed by atoms with van der Waals surface area (Å²) in [5, 5.41) is 14.3. The number of carboxylic acids is 1. The molecule has 0 aromatic rings. The number of carbonyl (C=O) groups is 3. The first kappa shape index (κ1) is 19.3. The molecule has 0 saturated heterocycles. The molecule has 1 saturated carbocycles. The van der Waals surface area contributed by atoms with E-state index in [9.17, 15) is 14.4 Å². The topological polar surface area (TPSA) is 105 Å². The fourth-order valence-corrected chi connectivity index (χ4v) is 2.56. The SMILES string of the molecule is C[C@H](NC(=O)OC(C)(C)C)C(=O)NCC1CCC(C(=O)O)CC1. The number of alkyl carbamates (subject to hydrolysis) is 1. The van der Waals surface area contributed by atoms with Gasteiger partial charge >= 0.3 is 12.1 Å². The van der Waals surface area contributed by atoms with Crippen molar-refractivity contribution in [1.82, 2.24) is 10.6 Å². The largest absolute Gasteiger partial charge is 0.481 e. The smallest absolute Gasteiger partial charge is 0.408 e. The predicted octanol–water partition coefficient (Wildman–Crippen LogP) is 1.91. The van der Waals surface area contributed by atoms with Crippen LogP contribution < -0.4 is 10.6 Å². The van der Waals surface area contributed by atoms with Gasteiger partial charge in [0.15, 0.2) is 0 Å². The van der Waals surface area contributed by atoms with Crippen molar-refractivity contribution >= 4 is 18.0 Å². The van der Waals surface area contributed by atoms with Gasteiger partial charge in [0, 0.05) is 6.54 Å². The van der Waals surface area contributed by atoms with Gasteiger partial charge in [0.2, 0.25) is 5.91 Å². The summed E-state index contributed by atoms with van der Waals surface area (Å²) in [5.74, 6) is -0.961. The van der Waals surface area contributed by atoms with Crippen LogP contribution in [0, 0.1) is 11.8 Å². The number of amides is 2. The fourth-order valence-electron chi connectivity index (χ4n) is 2.56. The van der Waals surface area contributed by atoms with Crippen LogP contribution in [0.3, 0.4) is 0 Å². The molecule has 7 heteroatoms. The van der Waals surface area contributed by atoms with Crippen molar-refractivity contribution in [2.75, 3.05) is 6.54 Å². The highest BCUT2D eigenvalue weighted by atomic mass is 16.6. The van der Waals surface area contributed by atoms with E-state index >= 15 is 0 Å². The van der Waals surface area contributed by atoms with Crippen LogP contribution >= 0.6 is 0 Å². The third-order valence-electron chi connectivity index (χ3n) is 3.89. The molecule has 0 unspecified atom stereocenters. The van der Waals surface area contributed by atoms with Crippen LogP contribution in [0.25, 0.3) is 0 Å². The monoisotopic (exact) mass is 328 g/mol. The lowest BCUT2D eigenvalue weighted by Crippen LogP contribution is -2.47. The molecule has 1 aliphatic rings. The van der Waals surface area contributed by atoms with Crippen molar-refractivity contribution in [3.63, 3.8) is 0 Å². The molecule has 23 heavy (non-hydrogen) atoms. The van der Waals surface area contributed by atoms with Crippen molar-refractivity contribution in [1.29, 1.82) is 0 Å². The van der Waals surface area contributed by atoms with Crippen LogP contribution in [0.2, 0.25) is 0 Å². The van der Waals surface area contributed by atoms with E-state index in [0.717, 1.165) is 12.8 Å². The Balaban J connectivity index is 2.28. The van der Waals surface area contributed by atoms with Crippen LogP contribution in [0.15, 0.2) is 0 Å². The van der Waals surface area contributed by atoms with E-state index in [4.69, 9.17) is 9.84 Å². The number of ether oxygens (including phenoxy) is 1. The van der Waals surface area contributed by atoms with Crippen molar-refractivity contribution in [3.05, 3.63) is 0 Å². The van der Waals surface area contributed by atoms with E-state index in [1.165, 1.54) is 0 Å². The zero-order chi connectivity index (χ0) is 17.6. The third-order valence-corrected chi connectivity index (χ3v) is 3.89. The lowest BCUT2D eigenvalue weighted by molar-refractivity contribution is -0.143. The molecule has 132 valence electrons. The van der Waals surface area contributed by atoms with E-state index < -0.39 is 23.7 Å². The molecule has 7 nitrogen and oxygen atoms in total. The van der Waals surface area contributed by atoms with E-state index in [1.807, 2.05) is 0 Å². The first-order valence-corrected chi connectivity index (χ1v) is 8.08. The van der Waals surface area contributed by atoms with Gasteiger partial charge < -0.3 is 20.5 Å². The number of nitrogens with one attached hydrogen (secondary N) is 2. The molecular weight excluding hydrogens is 300 g/mol. The minimum Gasteiger partial charge on any atom is -0.481 e. The standard InChI is InChI=1S/C16H28N2O5/c1-10(18-15(22)23-16(2,3)4)13(19)17-9-11-5-7-12(8-6-11)14(20)21/h10-12H,5-9H2,1-4H3,(H,17,19)(H,18,22)(H,20,21)/t10-,11?,12?/m0/s1. The Morgan fingerprint density at radius 2 is 1.74 bits per heavy atom. The van der Waals surface area contributed by atoms with Gasteiger partial charge in [-0.25, -0.2) is 4.79 Å². The summed E-state index contributed by atoms with van der Waals surface area (Å²) in [6, 6.07) is -0.680. The molecule has 1 atom stereocenters. The molecule has 3 N–H and O–H groups in total. The third kappa shape index (κ3) is 7.34. The van der Waals surface area contributed by atoms with Crippen LogP contribution in [0.5, 0.6) is 0 Å². The van der Waals surface area contributed by atoms with Crippen LogP contribution in [0.1, 0.15) is 53.4 Å². The zero-order valence-electron chi connectivity index (χ0n) is 14.3. The number of aliphatic carboxylic acids is 1. The maximum absolute atomic E-state index is 12.0. The minimum absolute atomic E-state index is 0.255. The average molecular weight is 328 g/mol. The molecule has 0 bridgehead atoms. The lowest BCUT2D eigenvalue weighted by Gasteiger charge is -2.27. The summed E-state index contributed by atoms with van der Waals surface area (Å²) in [6.45, 7) is 7.37. The highest BCUT2D eigenvalue weighted by Crippen LogP contribution is 2.28. The number of hydrogen-bond acceptors (Lipinski definition) is 4. The lowest BCUT2D eigenvalue weighted by atomic mass is 9.82. The molecule has 2 amide bonds. The molecule has 0 aromatic carbocycles. The normalized spacial score (nSPS) is 22.8. The van der Waals surface area contributed by atoms with E-state index in [-0.39, 0.29) is 11.8 Å². The summed E-state index contributed by atoms with van der Waals surface area (Å²) >= 11 is 0. The van der Waals surface area contributed by atoms with Crippen LogP contribution in [-0.2, 0) is 14.3 Å². The van der Waals surface area contributed by atoms with Gasteiger partial charge in [-0.3, -0.25) is 9.59 Å². The van der Waals surface area contributed by atoms with Gasteiger partial charge in [-0.05, 0) is 59.3 Å². The number of rotatable bonds is 5. The Bertz CT molecular complexity index is 436. The van der Waals surface area contributed by atoms with Gasteiger partial charge in [-0.2, -0.15) is 0 Å². The summed E-state index contributed by atoms with van der Waals surface area (Å²) in [6.07, 6.45) is 2.28. The van der Waals surface area contributed by atoms with Gasteiger partial charge in [0.05, 0.1) is 5.92 Å². The van der Waals surface area contributed by atoms with E-state index in [0.29, 0.717) is 25.3 Å². The summed E-state index contributed by atoms with van der Waals surface area (Å²) < 4.78 is 5.10. The first-order chi connectivity index (χ1) is 10.6. The van der Waals surface area contributed by atoms with Crippen molar-refractivity contribution in [2.45, 2.75) is 65.0 Å². The summed E-state index contributed by atoms with van der Waals surface area (Å²) in [4.78, 5) is 34.5. The molecule has 1 rings (SSSR count). The van der Waals surface area contributed by atoms with E-state index in [2.05, 4.69) is 10.6 Å². The second-order valence-electron chi connectivity index (χ2n) is 7.17. The molecule has 1 fully saturated rings. The van der Waals surface area contributed by atoms with E-state index in [1.54, 1.807) is 27.7 Å². The highest BCUT2D eigenvalue weighted by Gasteiger charge is 2.27. The number of hydrogen-bond donors (Lipinski definition) is 3. The fraction of sp³-hybridized carbons (Fsp3) is 0.812. The van der Waals surface area contributed by atoms with Gasteiger partial charge in [-0.1, -0.05) is 0 Å². The van der Waals surface area contributed by atoms with Crippen LogP contribution in [-0.4, -0.2) is 41.3 Å². The molecule has 0 heterocycles. The summed E-state index contributed by atoms with van der Waals surface area (Å²) in [5.41, 5.74) is -0.608. The second kappa shape index (κ2) is 8.17. The molecule has 1 aliphatic carbocycles. The number of carboxylic acid groups (broad SMARTS) is 1. The Hall–Kier alpha value is -1.79. The Labute approximate surface area is 137 Å². The number of carbonyl (C=O) groups excluding carboxylic acids is 2. The molecule has 0 spiro atoms. The van der Waals surface area contributed by atoms with Crippen molar-refractivity contribution in [3.8, 4) is 0 Å². The molecule has 0 radical (unpaired) electrons. The second-order valence-corrected chi connectivity index (χ2v) is 7.17. The minimum atomic E-state index is -0.734. The van der Waals surface area contributed by atoms with Gasteiger partial charge in [-0.15, -0.1) is 0 Å². The van der Waals surface area contributed by atoms with Gasteiger partial charge in [0.25, 0.3) is 0 Å². The van der Waals surface area contributed by atoms with Crippen molar-refractivity contribution in [2.24, 2.45) is 11.8 Å². The van der Waals surface area contributed by atoms with Crippen LogP contribution in [0.4, 0.5) is 4.79 Å². The van der Waals surface area contributed by atoms with Crippen molar-refractivity contribution < 1.29 is 24.2 Å².